The minimum atomic E-state index is -0.308. The molecule has 2 fully saturated rings. The molecule has 2 atom stereocenters. The van der Waals surface area contributed by atoms with Crippen molar-refractivity contribution in [1.82, 2.24) is 10.6 Å². The lowest BCUT2D eigenvalue weighted by Crippen LogP contribution is -2.53. The van der Waals surface area contributed by atoms with Crippen molar-refractivity contribution in [1.29, 1.82) is 0 Å². The maximum atomic E-state index is 13.5. The zero-order chi connectivity index (χ0) is 26.3. The van der Waals surface area contributed by atoms with Gasteiger partial charge in [-0.15, -0.1) is 0 Å². The number of methoxy groups -OCH3 is 1. The third kappa shape index (κ3) is 7.73. The standard InChI is InChI=1S/C31H37N3O4/c1-36-26-9-5-8-22(14-26)19-33-20-29(32)30(15-21-6-3-2-4-7-21)34-31(35)23-16-27(37-24-10-11-24)18-28(17-23)38-25-12-13-25/h2-9,14,16-18,24-25,29-30,33H,10-13,15,19-20,32H2,1H3,(H,34,35)/t29?,30-/m0/s1. The predicted octanol–water partition coefficient (Wildman–Crippen LogP) is 4.24. The number of nitrogens with one attached hydrogen (secondary N) is 2. The monoisotopic (exact) mass is 515 g/mol. The Morgan fingerprint density at radius 2 is 1.53 bits per heavy atom. The van der Waals surface area contributed by atoms with Crippen molar-refractivity contribution in [2.24, 2.45) is 5.73 Å². The summed E-state index contributed by atoms with van der Waals surface area (Å²) in [5, 5.41) is 6.64. The average Bonchev–Trinajstić information content (AvgIpc) is 3.87. The van der Waals surface area contributed by atoms with Gasteiger partial charge in [-0.25, -0.2) is 0 Å². The first-order valence-electron chi connectivity index (χ1n) is 13.5. The lowest BCUT2D eigenvalue weighted by atomic mass is 9.99. The smallest absolute Gasteiger partial charge is 0.251 e. The Balaban J connectivity index is 1.27. The van der Waals surface area contributed by atoms with Gasteiger partial charge < -0.3 is 30.6 Å². The molecule has 2 saturated carbocycles. The Hall–Kier alpha value is -3.55. The van der Waals surface area contributed by atoms with Crippen molar-refractivity contribution in [2.45, 2.75) is 62.9 Å². The molecule has 4 N–H and O–H groups in total. The lowest BCUT2D eigenvalue weighted by Gasteiger charge is -2.26. The third-order valence-corrected chi connectivity index (χ3v) is 6.77. The number of hydrogen-bond acceptors (Lipinski definition) is 6. The average molecular weight is 516 g/mol. The van der Waals surface area contributed by atoms with Crippen LogP contribution in [-0.4, -0.2) is 43.9 Å². The van der Waals surface area contributed by atoms with Crippen molar-refractivity contribution in [3.63, 3.8) is 0 Å². The first-order valence-corrected chi connectivity index (χ1v) is 13.5. The van der Waals surface area contributed by atoms with E-state index in [-0.39, 0.29) is 30.2 Å². The number of nitrogens with two attached hydrogens (primary N) is 1. The fourth-order valence-corrected chi connectivity index (χ4v) is 4.33. The van der Waals surface area contributed by atoms with E-state index in [1.807, 2.05) is 48.5 Å². The van der Waals surface area contributed by atoms with E-state index in [1.165, 1.54) is 0 Å². The summed E-state index contributed by atoms with van der Waals surface area (Å²) < 4.78 is 17.4. The predicted molar refractivity (Wildman–Crippen MR) is 148 cm³/mol. The summed E-state index contributed by atoms with van der Waals surface area (Å²) in [5.41, 5.74) is 9.41. The molecule has 2 aliphatic carbocycles. The Kier molecular flexibility index (Phi) is 8.46. The van der Waals surface area contributed by atoms with Gasteiger partial charge in [0.05, 0.1) is 19.3 Å². The molecule has 1 unspecified atom stereocenters. The minimum absolute atomic E-state index is 0.184. The number of amides is 1. The lowest BCUT2D eigenvalue weighted by molar-refractivity contribution is 0.0929. The molecular weight excluding hydrogens is 478 g/mol. The number of benzene rings is 3. The summed E-state index contributed by atoms with van der Waals surface area (Å²) in [6.45, 7) is 1.19. The van der Waals surface area contributed by atoms with Crippen LogP contribution in [0.5, 0.6) is 17.2 Å². The van der Waals surface area contributed by atoms with Crippen LogP contribution < -0.4 is 30.6 Å². The van der Waals surface area contributed by atoms with Gasteiger partial charge in [0.1, 0.15) is 17.2 Å². The summed E-state index contributed by atoms with van der Waals surface area (Å²) in [6.07, 6.45) is 5.28. The van der Waals surface area contributed by atoms with E-state index in [2.05, 4.69) is 22.8 Å². The first-order chi connectivity index (χ1) is 18.6. The highest BCUT2D eigenvalue weighted by Crippen LogP contribution is 2.33. The summed E-state index contributed by atoms with van der Waals surface area (Å²) in [4.78, 5) is 13.5. The maximum Gasteiger partial charge on any atom is 0.251 e. The van der Waals surface area contributed by atoms with Crippen molar-refractivity contribution < 1.29 is 19.0 Å². The van der Waals surface area contributed by atoms with E-state index in [0.29, 0.717) is 36.6 Å². The summed E-state index contributed by atoms with van der Waals surface area (Å²) >= 11 is 0. The molecule has 0 aliphatic heterocycles. The number of carbonyl (C=O) groups excluding carboxylic acids is 1. The van der Waals surface area contributed by atoms with Crippen LogP contribution in [-0.2, 0) is 13.0 Å². The van der Waals surface area contributed by atoms with E-state index in [9.17, 15) is 4.79 Å². The van der Waals surface area contributed by atoms with Crippen LogP contribution in [0.2, 0.25) is 0 Å². The summed E-state index contributed by atoms with van der Waals surface area (Å²) in [5.74, 6) is 2.00. The quantitative estimate of drug-likeness (QED) is 0.297. The van der Waals surface area contributed by atoms with Crippen LogP contribution in [0.1, 0.15) is 47.2 Å². The van der Waals surface area contributed by atoms with Gasteiger partial charge in [0.25, 0.3) is 5.91 Å². The molecule has 0 saturated heterocycles. The normalized spacial score (nSPS) is 16.4. The number of carbonyl (C=O) groups is 1. The molecule has 3 aromatic rings. The van der Waals surface area contributed by atoms with Crippen molar-refractivity contribution >= 4 is 5.91 Å². The maximum absolute atomic E-state index is 13.5. The first kappa shape index (κ1) is 26.1. The van der Waals surface area contributed by atoms with E-state index in [0.717, 1.165) is 42.6 Å². The van der Waals surface area contributed by atoms with Crippen LogP contribution in [0.15, 0.2) is 72.8 Å². The molecule has 0 radical (unpaired) electrons. The zero-order valence-electron chi connectivity index (χ0n) is 21.9. The van der Waals surface area contributed by atoms with Gasteiger partial charge >= 0.3 is 0 Å². The summed E-state index contributed by atoms with van der Waals surface area (Å²) in [7, 11) is 1.66. The fraction of sp³-hybridized carbons (Fsp3) is 0.387. The molecule has 7 nitrogen and oxygen atoms in total. The molecule has 3 aromatic carbocycles. The van der Waals surface area contributed by atoms with Crippen LogP contribution in [0.3, 0.4) is 0 Å². The number of rotatable bonds is 14. The topological polar surface area (TPSA) is 94.8 Å². The molecule has 0 heterocycles. The highest BCUT2D eigenvalue weighted by atomic mass is 16.5. The van der Waals surface area contributed by atoms with Crippen LogP contribution >= 0.6 is 0 Å². The van der Waals surface area contributed by atoms with E-state index < -0.39 is 0 Å². The fourth-order valence-electron chi connectivity index (χ4n) is 4.33. The largest absolute Gasteiger partial charge is 0.497 e. The molecule has 5 rings (SSSR count). The highest BCUT2D eigenvalue weighted by Gasteiger charge is 2.27. The molecule has 0 spiro atoms. The molecule has 1 amide bonds. The second-order valence-electron chi connectivity index (χ2n) is 10.2. The SMILES string of the molecule is COc1cccc(CNCC(N)[C@H](Cc2ccccc2)NC(=O)c2cc(OC3CC3)cc(OC3CC3)c2)c1. The number of ether oxygens (including phenoxy) is 3. The zero-order valence-corrected chi connectivity index (χ0v) is 21.9. The molecule has 200 valence electrons. The van der Waals surface area contributed by atoms with Gasteiger partial charge in [-0.05, 0) is 67.5 Å². The third-order valence-electron chi connectivity index (χ3n) is 6.77. The molecule has 2 aliphatic rings. The van der Waals surface area contributed by atoms with Crippen molar-refractivity contribution in [2.75, 3.05) is 13.7 Å². The summed E-state index contributed by atoms with van der Waals surface area (Å²) in [6, 6.07) is 23.0. The van der Waals surface area contributed by atoms with Gasteiger partial charge in [0.15, 0.2) is 0 Å². The molecule has 0 bridgehead atoms. The van der Waals surface area contributed by atoms with Crippen LogP contribution in [0.4, 0.5) is 0 Å². The van der Waals surface area contributed by atoms with Gasteiger partial charge in [-0.3, -0.25) is 4.79 Å². The Bertz CT molecular complexity index is 1180. The van der Waals surface area contributed by atoms with Gasteiger partial charge in [-0.1, -0.05) is 42.5 Å². The molecule has 7 heteroatoms. The van der Waals surface area contributed by atoms with Crippen LogP contribution in [0, 0.1) is 0 Å². The molecule has 0 aromatic heterocycles. The molecule has 38 heavy (non-hydrogen) atoms. The van der Waals surface area contributed by atoms with E-state index >= 15 is 0 Å². The molecular formula is C31H37N3O4. The Morgan fingerprint density at radius 3 is 2.16 bits per heavy atom. The van der Waals surface area contributed by atoms with Crippen LogP contribution in [0.25, 0.3) is 0 Å². The highest BCUT2D eigenvalue weighted by molar-refractivity contribution is 5.95. The second kappa shape index (κ2) is 12.3. The minimum Gasteiger partial charge on any atom is -0.497 e. The van der Waals surface area contributed by atoms with Crippen molar-refractivity contribution in [3.05, 3.63) is 89.5 Å². The Morgan fingerprint density at radius 1 is 0.868 bits per heavy atom. The van der Waals surface area contributed by atoms with Gasteiger partial charge in [0, 0.05) is 36.8 Å². The van der Waals surface area contributed by atoms with Crippen molar-refractivity contribution in [3.8, 4) is 17.2 Å². The Labute approximate surface area is 224 Å². The second-order valence-corrected chi connectivity index (χ2v) is 10.2. The van der Waals surface area contributed by atoms with E-state index in [4.69, 9.17) is 19.9 Å². The van der Waals surface area contributed by atoms with Gasteiger partial charge in [-0.2, -0.15) is 0 Å². The van der Waals surface area contributed by atoms with E-state index in [1.54, 1.807) is 19.2 Å². The van der Waals surface area contributed by atoms with Gasteiger partial charge in [0.2, 0.25) is 0 Å². The number of hydrogen-bond donors (Lipinski definition) is 3.